The second-order valence-electron chi connectivity index (χ2n) is 29.9. The van der Waals surface area contributed by atoms with Crippen molar-refractivity contribution in [1.29, 1.82) is 0 Å². The number of para-hydroxylation sites is 2. The van der Waals surface area contributed by atoms with Gasteiger partial charge >= 0.3 is 0 Å². The lowest BCUT2D eigenvalue weighted by Gasteiger charge is -2.42. The molecule has 0 saturated carbocycles. The SMILES string of the molecule is [2H]c1c([2H])c2c(c([2H])c1-c1cc3c4c(c1)n(-c1cccc(Oc5ccc6c7ccccc7n(-c7cc(C(C)(C)C)ccn7)c6c5)c1)[c-][n+]4-c1c(-c4ccc5oc6ccccc6c5c4)cc(C(C)(C)C)cc1-c1cc4c(cc1-c1ccccc1-3)C(C)(C)CCC4(C)C)C(C([2H])([2H])[2H])(C([2H])([2H])[2H])C([2H])([2H])C([2H])([2H])C2(C([2H])([2H])[2H])C([2H])([2H])[2H]. The van der Waals surface area contributed by atoms with Crippen LogP contribution in [0.4, 0.5) is 0 Å². The van der Waals surface area contributed by atoms with Gasteiger partial charge < -0.3 is 9.15 Å². The van der Waals surface area contributed by atoms with Crippen molar-refractivity contribution in [2.24, 2.45) is 0 Å². The Labute approximate surface area is 591 Å². The highest BCUT2D eigenvalue weighted by atomic mass is 16.5. The molecule has 0 spiro atoms. The molecule has 476 valence electrons. The van der Waals surface area contributed by atoms with Gasteiger partial charge in [-0.15, -0.1) is 0 Å². The predicted molar refractivity (Wildman–Crippen MR) is 398 cm³/mol. The van der Waals surface area contributed by atoms with E-state index in [9.17, 15) is 17.8 Å². The summed E-state index contributed by atoms with van der Waals surface area (Å²) >= 11 is 0. The maximum absolute atomic E-state index is 10.7. The lowest BCUT2D eigenvalue weighted by molar-refractivity contribution is -0.570. The Balaban J connectivity index is 1.03. The molecule has 0 N–H and O–H groups in total. The molecule has 0 bridgehead atoms. The standard InChI is InChI=1S/C90H84N4O2/c1-85(2,3)57-36-41-91-82(48-57)94-77-28-19-17-26-64(77)65-33-32-61(50-78(65)94)95-60-23-21-22-59(49-60)92-53-93-83-67(55-31-35-81-70(42-55)66-27-18-20-29-80(66)96-81)46-58(86(4,5)6)47-72(83)69-52-76-75(89(11,12)39-40-90(76,13)14)51-68(69)62-24-15-16-25-63(62)71-43-56(45-79(92)84(71)93)54-30-34-73-74(44-54)88(9,10)38-37-87(73,7)8/h15-36,41-52H,37-40H2,1-14H3/i7D3,8D3,9D3,10D3,30D,34D,37D2,38D2,44D. The minimum atomic E-state index is -4.55. The van der Waals surface area contributed by atoms with Gasteiger partial charge in [-0.3, -0.25) is 13.7 Å². The maximum Gasteiger partial charge on any atom is 0.269 e. The van der Waals surface area contributed by atoms with E-state index in [2.05, 4.69) is 129 Å². The first-order chi connectivity index (χ1) is 53.6. The van der Waals surface area contributed by atoms with E-state index in [-0.39, 0.29) is 27.3 Å². The zero-order valence-corrected chi connectivity index (χ0v) is 55.4. The number of aromatic nitrogens is 4. The highest BCUT2D eigenvalue weighted by molar-refractivity contribution is 6.10. The summed E-state index contributed by atoms with van der Waals surface area (Å²) in [6, 6.07) is 55.7. The van der Waals surface area contributed by atoms with Crippen LogP contribution in [0.3, 0.4) is 0 Å². The van der Waals surface area contributed by atoms with Crippen molar-refractivity contribution in [1.82, 2.24) is 14.1 Å². The topological polar surface area (TPSA) is 49.0 Å². The fraction of sp³-hybridized carbons (Fsp3) is 0.267. The molecule has 14 aromatic rings. The van der Waals surface area contributed by atoms with Gasteiger partial charge in [0.25, 0.3) is 6.33 Å². The Kier molecular flexibility index (Phi) is 9.26. The third-order valence-corrected chi connectivity index (χ3v) is 20.5. The average molecular weight is 1270 g/mol. The van der Waals surface area contributed by atoms with Crippen LogP contribution in [0.25, 0.3) is 128 Å². The Morgan fingerprint density at radius 2 is 1.16 bits per heavy atom. The van der Waals surface area contributed by atoms with Crippen LogP contribution in [-0.4, -0.2) is 14.1 Å². The summed E-state index contributed by atoms with van der Waals surface area (Å²) in [5.41, 5.74) is 1.07. The minimum Gasteiger partial charge on any atom is -0.458 e. The normalized spacial score (nSPS) is 20.5. The number of furan rings is 1. The van der Waals surface area contributed by atoms with Crippen LogP contribution in [0, 0.1) is 6.33 Å². The first-order valence-electron chi connectivity index (χ1n) is 42.5. The molecule has 6 nitrogen and oxygen atoms in total. The summed E-state index contributed by atoms with van der Waals surface area (Å²) < 4.78 is 200. The van der Waals surface area contributed by atoms with Gasteiger partial charge in [0.05, 0.1) is 37.6 Å². The van der Waals surface area contributed by atoms with E-state index < -0.39 is 91.2 Å². The molecule has 10 aromatic carbocycles. The van der Waals surface area contributed by atoms with Crippen molar-refractivity contribution >= 4 is 54.8 Å². The second kappa shape index (κ2) is 20.9. The molecule has 0 unspecified atom stereocenters. The Morgan fingerprint density at radius 3 is 1.91 bits per heavy atom. The van der Waals surface area contributed by atoms with Crippen LogP contribution in [0.2, 0.25) is 0 Å². The van der Waals surface area contributed by atoms with Gasteiger partial charge in [0.2, 0.25) is 0 Å². The molecule has 17 rings (SSSR count). The van der Waals surface area contributed by atoms with Crippen molar-refractivity contribution in [3.05, 3.63) is 246 Å². The van der Waals surface area contributed by atoms with E-state index in [4.69, 9.17) is 22.4 Å². The molecule has 1 aliphatic heterocycles. The monoisotopic (exact) mass is 1270 g/mol. The summed E-state index contributed by atoms with van der Waals surface area (Å²) in [5, 5.41) is 3.72. The van der Waals surface area contributed by atoms with Gasteiger partial charge in [0.1, 0.15) is 28.5 Å². The number of hydrogen-bond donors (Lipinski definition) is 0. The fourth-order valence-electron chi connectivity index (χ4n) is 15.1. The lowest BCUT2D eigenvalue weighted by Crippen LogP contribution is -2.34. The van der Waals surface area contributed by atoms with Gasteiger partial charge in [-0.05, 0) is 226 Å². The van der Waals surface area contributed by atoms with Gasteiger partial charge in [-0.25, -0.2) is 4.98 Å². The number of ether oxygens (including phenoxy) is 1. The van der Waals surface area contributed by atoms with Crippen LogP contribution in [0.5, 0.6) is 11.5 Å². The number of benzene rings is 10. The van der Waals surface area contributed by atoms with Crippen molar-refractivity contribution in [3.63, 3.8) is 0 Å². The predicted octanol–water partition coefficient (Wildman–Crippen LogP) is 23.8. The summed E-state index contributed by atoms with van der Waals surface area (Å²) in [6.07, 6.45) is -1.61. The number of fused-ring (bicyclic) bond motifs is 15. The molecule has 3 aliphatic rings. The van der Waals surface area contributed by atoms with E-state index in [1.807, 2.05) is 132 Å². The van der Waals surface area contributed by atoms with E-state index in [1.165, 1.54) is 0 Å². The summed E-state index contributed by atoms with van der Waals surface area (Å²) in [7, 11) is 0. The van der Waals surface area contributed by atoms with E-state index in [0.29, 0.717) is 62.1 Å². The van der Waals surface area contributed by atoms with Crippen LogP contribution in [0.15, 0.2) is 211 Å². The molecule has 0 saturated heterocycles. The number of nitrogens with zero attached hydrogens (tertiary/aromatic N) is 4. The molecule has 6 heteroatoms. The summed E-state index contributed by atoms with van der Waals surface area (Å²) in [4.78, 5) is 4.92. The number of pyridine rings is 1. The number of imidazole rings is 1. The quantitative estimate of drug-likeness (QED) is 0.123. The van der Waals surface area contributed by atoms with Crippen molar-refractivity contribution in [2.45, 2.75) is 155 Å². The Hall–Kier alpha value is -9.78. The van der Waals surface area contributed by atoms with Crippen molar-refractivity contribution in [2.75, 3.05) is 0 Å². The first kappa shape index (κ1) is 42.6. The molecule has 5 heterocycles. The van der Waals surface area contributed by atoms with Crippen LogP contribution in [0.1, 0.15) is 182 Å². The van der Waals surface area contributed by atoms with Crippen LogP contribution < -0.4 is 9.30 Å². The van der Waals surface area contributed by atoms with Gasteiger partial charge in [0, 0.05) is 55.7 Å². The Bertz CT molecular complexity index is 6460. The van der Waals surface area contributed by atoms with E-state index in [1.54, 1.807) is 16.7 Å². The summed E-state index contributed by atoms with van der Waals surface area (Å²) in [5.74, 6) is 1.55. The second-order valence-corrected chi connectivity index (χ2v) is 29.9. The van der Waals surface area contributed by atoms with Gasteiger partial charge in [-0.1, -0.05) is 212 Å². The molecule has 96 heavy (non-hydrogen) atoms. The molecular weight excluding hydrogens is 1170 g/mol. The molecule has 4 aromatic heterocycles. The van der Waals surface area contributed by atoms with Crippen molar-refractivity contribution in [3.8, 4) is 84.3 Å². The van der Waals surface area contributed by atoms with Crippen LogP contribution >= 0.6 is 0 Å². The number of hydrogen-bond acceptors (Lipinski definition) is 3. The smallest absolute Gasteiger partial charge is 0.269 e. The zero-order valence-electron chi connectivity index (χ0n) is 74.4. The third-order valence-electron chi connectivity index (χ3n) is 20.5. The molecule has 0 radical (unpaired) electrons. The van der Waals surface area contributed by atoms with Crippen molar-refractivity contribution < 1.29 is 39.8 Å². The maximum atomic E-state index is 10.7. The van der Waals surface area contributed by atoms with Gasteiger partial charge in [-0.2, -0.15) is 0 Å². The fourth-order valence-corrected chi connectivity index (χ4v) is 15.1. The van der Waals surface area contributed by atoms with Gasteiger partial charge in [0.15, 0.2) is 0 Å². The highest BCUT2D eigenvalue weighted by Crippen LogP contribution is 2.55. The highest BCUT2D eigenvalue weighted by Gasteiger charge is 2.41. The molecular formula is C90H84N4O2. The third kappa shape index (κ3) is 9.47. The van der Waals surface area contributed by atoms with E-state index >= 15 is 0 Å². The molecule has 2 aliphatic carbocycles. The molecule has 0 atom stereocenters. The Morgan fingerprint density at radius 1 is 0.500 bits per heavy atom. The lowest BCUT2D eigenvalue weighted by atomic mass is 9.62. The zero-order chi connectivity index (χ0) is 82.5. The van der Waals surface area contributed by atoms with E-state index in [0.717, 1.165) is 95.5 Å². The average Bonchev–Trinajstić information content (AvgIpc) is 1.49. The molecule has 0 fully saturated rings. The van der Waals surface area contributed by atoms with Crippen LogP contribution in [-0.2, 0) is 32.5 Å². The first-order valence-corrected chi connectivity index (χ1v) is 33.0. The minimum absolute atomic E-state index is 0.178. The number of rotatable bonds is 6. The molecule has 0 amide bonds. The summed E-state index contributed by atoms with van der Waals surface area (Å²) in [6.45, 7) is 5.00. The largest absolute Gasteiger partial charge is 0.458 e.